The van der Waals surface area contributed by atoms with E-state index in [1.54, 1.807) is 0 Å². The molecular formula is C9H12BNO2. The van der Waals surface area contributed by atoms with Gasteiger partial charge in [0.25, 0.3) is 0 Å². The van der Waals surface area contributed by atoms with Crippen LogP contribution in [0, 0.1) is 0 Å². The standard InChI is InChI=1S/C9H12BNO2/c11-7-3-6-10-12-8-4-1-2-5-9(8)13-10/h1-2,4-5H,3,6-7,11H2. The van der Waals surface area contributed by atoms with Crippen molar-refractivity contribution in [3.05, 3.63) is 24.3 Å². The molecule has 0 aliphatic carbocycles. The number of benzene rings is 1. The first kappa shape index (κ1) is 8.44. The molecule has 0 amide bonds. The normalized spacial score (nSPS) is 13.5. The van der Waals surface area contributed by atoms with E-state index in [0.29, 0.717) is 6.54 Å². The minimum atomic E-state index is -0.138. The summed E-state index contributed by atoms with van der Waals surface area (Å²) in [6.07, 6.45) is 1.78. The maximum absolute atomic E-state index is 5.53. The molecule has 0 atom stereocenters. The summed E-state index contributed by atoms with van der Waals surface area (Å²) in [7, 11) is -0.138. The molecule has 2 rings (SSSR count). The van der Waals surface area contributed by atoms with E-state index in [0.717, 1.165) is 24.2 Å². The van der Waals surface area contributed by atoms with Gasteiger partial charge in [0, 0.05) is 6.32 Å². The molecule has 1 aromatic carbocycles. The Labute approximate surface area is 78.0 Å². The first-order chi connectivity index (χ1) is 6.40. The van der Waals surface area contributed by atoms with Gasteiger partial charge in [0.1, 0.15) is 11.5 Å². The van der Waals surface area contributed by atoms with Crippen LogP contribution in [-0.2, 0) is 0 Å². The monoisotopic (exact) mass is 177 g/mol. The van der Waals surface area contributed by atoms with Crippen molar-refractivity contribution in [3.63, 3.8) is 0 Å². The summed E-state index contributed by atoms with van der Waals surface area (Å²) < 4.78 is 11.1. The van der Waals surface area contributed by atoms with Gasteiger partial charge >= 0.3 is 7.12 Å². The van der Waals surface area contributed by atoms with Crippen molar-refractivity contribution in [2.75, 3.05) is 6.54 Å². The van der Waals surface area contributed by atoms with Gasteiger partial charge in [-0.3, -0.25) is 0 Å². The van der Waals surface area contributed by atoms with E-state index in [2.05, 4.69) is 0 Å². The predicted molar refractivity (Wildman–Crippen MR) is 51.9 cm³/mol. The highest BCUT2D eigenvalue weighted by molar-refractivity contribution is 6.47. The quantitative estimate of drug-likeness (QED) is 0.707. The Morgan fingerprint density at radius 3 is 2.31 bits per heavy atom. The summed E-state index contributed by atoms with van der Waals surface area (Å²) in [4.78, 5) is 0. The van der Waals surface area contributed by atoms with Crippen molar-refractivity contribution in [2.45, 2.75) is 12.7 Å². The third kappa shape index (κ3) is 1.78. The SMILES string of the molecule is NCCCB1Oc2ccccc2O1. The average molecular weight is 177 g/mol. The highest BCUT2D eigenvalue weighted by Crippen LogP contribution is 2.33. The topological polar surface area (TPSA) is 44.5 Å². The first-order valence-electron chi connectivity index (χ1n) is 4.52. The number of rotatable bonds is 3. The highest BCUT2D eigenvalue weighted by Gasteiger charge is 2.30. The van der Waals surface area contributed by atoms with Gasteiger partial charge in [-0.15, -0.1) is 0 Å². The van der Waals surface area contributed by atoms with Gasteiger partial charge < -0.3 is 15.0 Å². The summed E-state index contributed by atoms with van der Waals surface area (Å²) in [5.74, 6) is 1.68. The second-order valence-corrected chi connectivity index (χ2v) is 3.04. The highest BCUT2D eigenvalue weighted by atomic mass is 16.6. The van der Waals surface area contributed by atoms with Crippen LogP contribution in [0.4, 0.5) is 0 Å². The van der Waals surface area contributed by atoms with Crippen molar-refractivity contribution in [1.29, 1.82) is 0 Å². The summed E-state index contributed by atoms with van der Waals surface area (Å²) in [5.41, 5.74) is 5.40. The molecule has 3 nitrogen and oxygen atoms in total. The van der Waals surface area contributed by atoms with Crippen LogP contribution in [0.1, 0.15) is 6.42 Å². The molecule has 0 saturated heterocycles. The molecule has 68 valence electrons. The van der Waals surface area contributed by atoms with E-state index < -0.39 is 0 Å². The smallest absolute Gasteiger partial charge is 0.523 e. The molecule has 2 N–H and O–H groups in total. The number of para-hydroxylation sites is 2. The first-order valence-corrected chi connectivity index (χ1v) is 4.52. The fourth-order valence-electron chi connectivity index (χ4n) is 1.35. The van der Waals surface area contributed by atoms with Crippen LogP contribution < -0.4 is 15.0 Å². The second-order valence-electron chi connectivity index (χ2n) is 3.04. The molecule has 0 fully saturated rings. The lowest BCUT2D eigenvalue weighted by Crippen LogP contribution is -2.24. The van der Waals surface area contributed by atoms with Crippen LogP contribution in [0.15, 0.2) is 24.3 Å². The van der Waals surface area contributed by atoms with E-state index in [-0.39, 0.29) is 7.12 Å². The Morgan fingerprint density at radius 1 is 1.15 bits per heavy atom. The molecule has 4 heteroatoms. The third-order valence-corrected chi connectivity index (χ3v) is 2.01. The lowest BCUT2D eigenvalue weighted by molar-refractivity contribution is 0.493. The number of hydrogen-bond donors (Lipinski definition) is 1. The van der Waals surface area contributed by atoms with E-state index in [1.165, 1.54) is 0 Å². The van der Waals surface area contributed by atoms with Crippen LogP contribution in [0.25, 0.3) is 0 Å². The Hall–Kier alpha value is -1.16. The van der Waals surface area contributed by atoms with E-state index >= 15 is 0 Å². The van der Waals surface area contributed by atoms with Gasteiger partial charge in [-0.1, -0.05) is 12.1 Å². The molecule has 0 saturated carbocycles. The van der Waals surface area contributed by atoms with Gasteiger partial charge in [0.05, 0.1) is 0 Å². The van der Waals surface area contributed by atoms with Crippen LogP contribution in [-0.4, -0.2) is 13.7 Å². The van der Waals surface area contributed by atoms with Gasteiger partial charge in [-0.25, -0.2) is 0 Å². The Morgan fingerprint density at radius 2 is 1.77 bits per heavy atom. The molecule has 1 aromatic rings. The number of nitrogens with two attached hydrogens (primary N) is 1. The molecule has 0 bridgehead atoms. The second kappa shape index (κ2) is 3.70. The minimum absolute atomic E-state index is 0.138. The Bertz CT molecular complexity index is 268. The zero-order valence-electron chi connectivity index (χ0n) is 7.40. The number of fused-ring (bicyclic) bond motifs is 1. The molecule has 0 aromatic heterocycles. The van der Waals surface area contributed by atoms with Crippen molar-refractivity contribution in [3.8, 4) is 11.5 Å². The van der Waals surface area contributed by atoms with Gasteiger partial charge in [0.15, 0.2) is 0 Å². The molecule has 1 heterocycles. The zero-order chi connectivity index (χ0) is 9.10. The van der Waals surface area contributed by atoms with Gasteiger partial charge in [-0.2, -0.15) is 0 Å². The van der Waals surface area contributed by atoms with Crippen LogP contribution in [0.2, 0.25) is 6.32 Å². The van der Waals surface area contributed by atoms with Crippen molar-refractivity contribution >= 4 is 7.12 Å². The van der Waals surface area contributed by atoms with E-state index in [4.69, 9.17) is 15.0 Å². The Kier molecular flexibility index (Phi) is 2.41. The fourth-order valence-corrected chi connectivity index (χ4v) is 1.35. The molecule has 0 radical (unpaired) electrons. The maximum atomic E-state index is 5.53. The average Bonchev–Trinajstić information content (AvgIpc) is 2.57. The van der Waals surface area contributed by atoms with Gasteiger partial charge in [-0.05, 0) is 25.1 Å². The van der Waals surface area contributed by atoms with Crippen LogP contribution in [0.3, 0.4) is 0 Å². The van der Waals surface area contributed by atoms with Crippen molar-refractivity contribution < 1.29 is 9.31 Å². The third-order valence-electron chi connectivity index (χ3n) is 2.01. The van der Waals surface area contributed by atoms with E-state index in [1.807, 2.05) is 24.3 Å². The molecule has 0 spiro atoms. The number of hydrogen-bond acceptors (Lipinski definition) is 3. The molecule has 13 heavy (non-hydrogen) atoms. The molecule has 0 unspecified atom stereocenters. The summed E-state index contributed by atoms with van der Waals surface area (Å²) in [5, 5.41) is 0. The lowest BCUT2D eigenvalue weighted by atomic mass is 9.83. The van der Waals surface area contributed by atoms with Crippen LogP contribution >= 0.6 is 0 Å². The summed E-state index contributed by atoms with van der Waals surface area (Å²) in [6.45, 7) is 0.680. The van der Waals surface area contributed by atoms with Crippen LogP contribution in [0.5, 0.6) is 11.5 Å². The zero-order valence-corrected chi connectivity index (χ0v) is 7.40. The molecular weight excluding hydrogens is 165 g/mol. The summed E-state index contributed by atoms with van der Waals surface area (Å²) >= 11 is 0. The van der Waals surface area contributed by atoms with Crippen molar-refractivity contribution in [1.82, 2.24) is 0 Å². The van der Waals surface area contributed by atoms with E-state index in [9.17, 15) is 0 Å². The Balaban J connectivity index is 1.97. The predicted octanol–water partition coefficient (Wildman–Crippen LogP) is 1.29. The molecule has 1 aliphatic rings. The lowest BCUT2D eigenvalue weighted by Gasteiger charge is -2.02. The van der Waals surface area contributed by atoms with Crippen molar-refractivity contribution in [2.24, 2.45) is 5.73 Å². The fraction of sp³-hybridized carbons (Fsp3) is 0.333. The minimum Gasteiger partial charge on any atom is -0.523 e. The largest absolute Gasteiger partial charge is 0.594 e. The molecule has 1 aliphatic heterocycles. The maximum Gasteiger partial charge on any atom is 0.594 e. The van der Waals surface area contributed by atoms with Gasteiger partial charge in [0.2, 0.25) is 0 Å². The summed E-state index contributed by atoms with van der Waals surface area (Å²) in [6, 6.07) is 7.70.